The summed E-state index contributed by atoms with van der Waals surface area (Å²) in [6, 6.07) is 7.78. The molecule has 0 unspecified atom stereocenters. The molecular weight excluding hydrogens is 262 g/mol. The van der Waals surface area contributed by atoms with Crippen molar-refractivity contribution in [1.29, 1.82) is 0 Å². The number of alkyl halides is 1. The van der Waals surface area contributed by atoms with E-state index in [4.69, 9.17) is 16.3 Å². The Hall–Kier alpha value is -1.22. The fourth-order valence-corrected chi connectivity index (χ4v) is 1.62. The van der Waals surface area contributed by atoms with Crippen LogP contribution in [0.15, 0.2) is 24.3 Å². The number of carbonyl (C=O) groups is 1. The average molecular weight is 284 g/mol. The topological polar surface area (TPSA) is 38.3 Å². The molecule has 19 heavy (non-hydrogen) atoms. The molecule has 0 saturated carbocycles. The Morgan fingerprint density at radius 1 is 1.32 bits per heavy atom. The summed E-state index contributed by atoms with van der Waals surface area (Å²) in [5.74, 6) is 1.43. The lowest BCUT2D eigenvalue weighted by Crippen LogP contribution is -2.35. The molecule has 0 atom stereocenters. The van der Waals surface area contributed by atoms with Gasteiger partial charge in [-0.25, -0.2) is 0 Å². The minimum Gasteiger partial charge on any atom is -0.497 e. The third kappa shape index (κ3) is 5.97. The first-order valence-corrected chi connectivity index (χ1v) is 6.96. The highest BCUT2D eigenvalue weighted by atomic mass is 35.5. The summed E-state index contributed by atoms with van der Waals surface area (Å²) >= 11 is 5.82. The number of carbonyl (C=O) groups excluding carboxylic acids is 1. The molecule has 1 aromatic carbocycles. The van der Waals surface area contributed by atoms with Gasteiger partial charge in [0.25, 0.3) is 0 Å². The molecule has 0 radical (unpaired) electrons. The first kappa shape index (κ1) is 15.8. The summed E-state index contributed by atoms with van der Waals surface area (Å²) in [5, 5.41) is 2.92. The van der Waals surface area contributed by atoms with Gasteiger partial charge >= 0.3 is 0 Å². The second-order valence-electron chi connectivity index (χ2n) is 5.42. The summed E-state index contributed by atoms with van der Waals surface area (Å²) in [7, 11) is 1.64. The lowest BCUT2D eigenvalue weighted by atomic mass is 9.96. The molecule has 1 N–H and O–H groups in total. The van der Waals surface area contributed by atoms with Crippen LogP contribution in [0.3, 0.4) is 0 Å². The zero-order valence-electron chi connectivity index (χ0n) is 11.8. The van der Waals surface area contributed by atoms with Gasteiger partial charge in [0.15, 0.2) is 0 Å². The van der Waals surface area contributed by atoms with E-state index in [0.29, 0.717) is 18.8 Å². The van der Waals surface area contributed by atoms with Gasteiger partial charge in [-0.2, -0.15) is 0 Å². The van der Waals surface area contributed by atoms with Gasteiger partial charge in [0.1, 0.15) is 5.75 Å². The first-order valence-electron chi connectivity index (χ1n) is 6.42. The molecule has 0 bridgehead atoms. The van der Waals surface area contributed by atoms with Crippen LogP contribution in [0, 0.1) is 5.41 Å². The number of halogens is 1. The summed E-state index contributed by atoms with van der Waals surface area (Å²) < 4.78 is 5.09. The van der Waals surface area contributed by atoms with E-state index < -0.39 is 0 Å². The van der Waals surface area contributed by atoms with Crippen molar-refractivity contribution in [3.63, 3.8) is 0 Å². The highest BCUT2D eigenvalue weighted by Gasteiger charge is 2.17. The third-order valence-electron chi connectivity index (χ3n) is 2.93. The van der Waals surface area contributed by atoms with E-state index in [1.165, 1.54) is 0 Å². The molecular formula is C15H22ClNO2. The van der Waals surface area contributed by atoms with E-state index in [-0.39, 0.29) is 11.3 Å². The normalized spacial score (nSPS) is 11.2. The molecule has 0 aliphatic rings. The van der Waals surface area contributed by atoms with Crippen molar-refractivity contribution in [2.75, 3.05) is 19.5 Å². The maximum absolute atomic E-state index is 11.7. The van der Waals surface area contributed by atoms with E-state index in [0.717, 1.165) is 17.7 Å². The Morgan fingerprint density at radius 2 is 1.95 bits per heavy atom. The Balaban J connectivity index is 2.33. The lowest BCUT2D eigenvalue weighted by Gasteiger charge is -2.21. The first-order chi connectivity index (χ1) is 8.96. The maximum atomic E-state index is 11.7. The molecule has 1 aromatic rings. The van der Waals surface area contributed by atoms with E-state index >= 15 is 0 Å². The van der Waals surface area contributed by atoms with Gasteiger partial charge in [0, 0.05) is 18.8 Å². The van der Waals surface area contributed by atoms with Crippen LogP contribution in [-0.4, -0.2) is 25.4 Å². The van der Waals surface area contributed by atoms with Crippen LogP contribution in [0.5, 0.6) is 5.75 Å². The SMILES string of the molecule is COc1ccc(CCC(=O)NCC(C)(C)CCl)cc1. The molecule has 1 amide bonds. The molecule has 106 valence electrons. The van der Waals surface area contributed by atoms with Crippen molar-refractivity contribution in [2.45, 2.75) is 26.7 Å². The highest BCUT2D eigenvalue weighted by molar-refractivity contribution is 6.18. The van der Waals surface area contributed by atoms with Gasteiger partial charge < -0.3 is 10.1 Å². The molecule has 4 heteroatoms. The van der Waals surface area contributed by atoms with Crippen LogP contribution >= 0.6 is 11.6 Å². The highest BCUT2D eigenvalue weighted by Crippen LogP contribution is 2.15. The molecule has 0 aliphatic carbocycles. The molecule has 0 saturated heterocycles. The molecule has 3 nitrogen and oxygen atoms in total. The Kier molecular flexibility index (Phi) is 6.16. The predicted octanol–water partition coefficient (Wildman–Crippen LogP) is 3.01. The minimum atomic E-state index is -0.0582. The number of amides is 1. The summed E-state index contributed by atoms with van der Waals surface area (Å²) in [4.78, 5) is 11.7. The van der Waals surface area contributed by atoms with E-state index in [2.05, 4.69) is 5.32 Å². The van der Waals surface area contributed by atoms with Crippen molar-refractivity contribution in [2.24, 2.45) is 5.41 Å². The largest absolute Gasteiger partial charge is 0.497 e. The number of methoxy groups -OCH3 is 1. The van der Waals surface area contributed by atoms with Gasteiger partial charge in [-0.1, -0.05) is 26.0 Å². The molecule has 0 heterocycles. The van der Waals surface area contributed by atoms with Gasteiger partial charge in [0.2, 0.25) is 5.91 Å². The quantitative estimate of drug-likeness (QED) is 0.781. The molecule has 0 fully saturated rings. The minimum absolute atomic E-state index is 0.0582. The van der Waals surface area contributed by atoms with Crippen molar-refractivity contribution >= 4 is 17.5 Å². The van der Waals surface area contributed by atoms with Gasteiger partial charge in [0.05, 0.1) is 7.11 Å². The summed E-state index contributed by atoms with van der Waals surface area (Å²) in [5.41, 5.74) is 1.07. The Morgan fingerprint density at radius 3 is 2.47 bits per heavy atom. The van der Waals surface area contributed by atoms with Crippen LogP contribution in [0.2, 0.25) is 0 Å². The van der Waals surface area contributed by atoms with Crippen molar-refractivity contribution in [3.8, 4) is 5.75 Å². The number of rotatable bonds is 7. The van der Waals surface area contributed by atoms with Crippen molar-refractivity contribution in [1.82, 2.24) is 5.32 Å². The van der Waals surface area contributed by atoms with Crippen LogP contribution in [0.1, 0.15) is 25.8 Å². The van der Waals surface area contributed by atoms with Gasteiger partial charge in [-0.3, -0.25) is 4.79 Å². The number of ether oxygens (including phenoxy) is 1. The Bertz CT molecular complexity index is 401. The number of hydrogen-bond donors (Lipinski definition) is 1. The summed E-state index contributed by atoms with van der Waals surface area (Å²) in [6.45, 7) is 4.67. The monoisotopic (exact) mass is 283 g/mol. The second-order valence-corrected chi connectivity index (χ2v) is 5.69. The average Bonchev–Trinajstić information content (AvgIpc) is 2.43. The van der Waals surface area contributed by atoms with E-state index in [1.807, 2.05) is 38.1 Å². The second kappa shape index (κ2) is 7.39. The molecule has 0 aromatic heterocycles. The number of nitrogens with one attached hydrogen (secondary N) is 1. The predicted molar refractivity (Wildman–Crippen MR) is 78.8 cm³/mol. The zero-order valence-corrected chi connectivity index (χ0v) is 12.6. The summed E-state index contributed by atoms with van der Waals surface area (Å²) in [6.07, 6.45) is 1.22. The standard InChI is InChI=1S/C15H22ClNO2/c1-15(2,10-16)11-17-14(18)9-6-12-4-7-13(19-3)8-5-12/h4-5,7-8H,6,9-11H2,1-3H3,(H,17,18). The van der Waals surface area contributed by atoms with Gasteiger partial charge in [-0.05, 0) is 29.5 Å². The van der Waals surface area contributed by atoms with E-state index in [1.54, 1.807) is 7.11 Å². The fourth-order valence-electron chi connectivity index (χ4n) is 1.52. The van der Waals surface area contributed by atoms with Crippen LogP contribution in [-0.2, 0) is 11.2 Å². The van der Waals surface area contributed by atoms with Crippen LogP contribution in [0.25, 0.3) is 0 Å². The zero-order chi connectivity index (χ0) is 14.3. The van der Waals surface area contributed by atoms with Crippen molar-refractivity contribution < 1.29 is 9.53 Å². The number of hydrogen-bond acceptors (Lipinski definition) is 2. The fraction of sp³-hybridized carbons (Fsp3) is 0.533. The smallest absolute Gasteiger partial charge is 0.220 e. The number of aryl methyl sites for hydroxylation is 1. The van der Waals surface area contributed by atoms with Crippen LogP contribution < -0.4 is 10.1 Å². The van der Waals surface area contributed by atoms with Gasteiger partial charge in [-0.15, -0.1) is 11.6 Å². The lowest BCUT2D eigenvalue weighted by molar-refractivity contribution is -0.121. The third-order valence-corrected chi connectivity index (χ3v) is 3.65. The van der Waals surface area contributed by atoms with E-state index in [9.17, 15) is 4.79 Å². The maximum Gasteiger partial charge on any atom is 0.220 e. The van der Waals surface area contributed by atoms with Crippen molar-refractivity contribution in [3.05, 3.63) is 29.8 Å². The molecule has 0 aliphatic heterocycles. The number of benzene rings is 1. The molecule has 1 rings (SSSR count). The Labute approximate surface area is 120 Å². The molecule has 0 spiro atoms. The van der Waals surface area contributed by atoms with Crippen LogP contribution in [0.4, 0.5) is 0 Å².